The molecular weight excluding hydrogens is 304 g/mol. The maximum atomic E-state index is 9.28. The van der Waals surface area contributed by atoms with Crippen molar-refractivity contribution in [1.82, 2.24) is 4.98 Å². The molecule has 6 heteroatoms. The summed E-state index contributed by atoms with van der Waals surface area (Å²) in [6.07, 6.45) is 1.01. The van der Waals surface area contributed by atoms with Crippen LogP contribution in [0.3, 0.4) is 0 Å². The zero-order chi connectivity index (χ0) is 16.8. The molecule has 0 saturated carbocycles. The molecule has 1 aromatic carbocycles. The van der Waals surface area contributed by atoms with Gasteiger partial charge in [0.05, 0.1) is 19.8 Å². The molecule has 2 aromatic rings. The Kier molecular flexibility index (Phi) is 5.47. The number of aromatic nitrogens is 1. The maximum Gasteiger partial charge on any atom is 0.232 e. The van der Waals surface area contributed by atoms with Crippen LogP contribution < -0.4 is 10.2 Å². The number of nitrogens with one attached hydrogen (secondary N) is 2. The van der Waals surface area contributed by atoms with Crippen LogP contribution in [0.15, 0.2) is 28.7 Å². The Balaban J connectivity index is 1.59. The lowest BCUT2D eigenvalue weighted by Gasteiger charge is -2.23. The Morgan fingerprint density at radius 1 is 1.29 bits per heavy atom. The lowest BCUT2D eigenvalue weighted by atomic mass is 10.1. The van der Waals surface area contributed by atoms with Crippen LogP contribution in [-0.2, 0) is 4.74 Å². The van der Waals surface area contributed by atoms with Crippen molar-refractivity contribution in [2.75, 3.05) is 44.7 Å². The molecule has 1 saturated heterocycles. The zero-order valence-corrected chi connectivity index (χ0v) is 14.0. The summed E-state index contributed by atoms with van der Waals surface area (Å²) >= 11 is 0. The normalized spacial score (nSPS) is 15.2. The van der Waals surface area contributed by atoms with E-state index in [4.69, 9.17) is 9.15 Å². The number of quaternary nitrogens is 1. The lowest BCUT2D eigenvalue weighted by Crippen LogP contribution is -3.14. The first-order chi connectivity index (χ1) is 11.8. The molecule has 1 aliphatic heterocycles. The Bertz CT molecular complexity index is 714. The van der Waals surface area contributed by atoms with Crippen LogP contribution in [0.2, 0.25) is 0 Å². The highest BCUT2D eigenvalue weighted by Gasteiger charge is 2.16. The monoisotopic (exact) mass is 327 g/mol. The molecule has 126 valence electrons. The molecule has 1 aliphatic rings. The number of nitriles is 1. The number of morpholine rings is 1. The smallest absolute Gasteiger partial charge is 0.232 e. The van der Waals surface area contributed by atoms with E-state index in [1.54, 1.807) is 4.90 Å². The summed E-state index contributed by atoms with van der Waals surface area (Å²) < 4.78 is 11.2. The van der Waals surface area contributed by atoms with E-state index < -0.39 is 0 Å². The number of hydrogen-bond donors (Lipinski definition) is 2. The van der Waals surface area contributed by atoms with Gasteiger partial charge in [0.2, 0.25) is 17.5 Å². The number of rotatable bonds is 6. The predicted molar refractivity (Wildman–Crippen MR) is 90.9 cm³/mol. The summed E-state index contributed by atoms with van der Waals surface area (Å²) in [4.78, 5) is 5.89. The third kappa shape index (κ3) is 3.94. The van der Waals surface area contributed by atoms with Gasteiger partial charge in [0.15, 0.2) is 0 Å². The fourth-order valence-corrected chi connectivity index (χ4v) is 2.89. The first-order valence-corrected chi connectivity index (χ1v) is 8.40. The van der Waals surface area contributed by atoms with E-state index in [1.165, 1.54) is 0 Å². The van der Waals surface area contributed by atoms with Crippen molar-refractivity contribution in [3.05, 3.63) is 35.5 Å². The molecule has 2 N–H and O–H groups in total. The van der Waals surface area contributed by atoms with Crippen LogP contribution in [0.25, 0.3) is 11.5 Å². The summed E-state index contributed by atoms with van der Waals surface area (Å²) in [5, 5.41) is 12.5. The second-order valence-corrected chi connectivity index (χ2v) is 6.02. The van der Waals surface area contributed by atoms with E-state index in [0.717, 1.165) is 56.9 Å². The minimum Gasteiger partial charge on any atom is -0.419 e. The van der Waals surface area contributed by atoms with Crippen LogP contribution >= 0.6 is 0 Å². The lowest BCUT2D eigenvalue weighted by molar-refractivity contribution is -0.908. The van der Waals surface area contributed by atoms with E-state index in [0.29, 0.717) is 17.5 Å². The SMILES string of the molecule is Cc1ccccc1-c1nc(C#N)c(NCCC[NH+]2CCOCC2)o1. The van der Waals surface area contributed by atoms with Gasteiger partial charge in [-0.2, -0.15) is 10.2 Å². The number of anilines is 1. The molecular formula is C18H23N4O2+. The highest BCUT2D eigenvalue weighted by Crippen LogP contribution is 2.27. The van der Waals surface area contributed by atoms with Gasteiger partial charge in [-0.3, -0.25) is 0 Å². The molecule has 0 unspecified atom stereocenters. The van der Waals surface area contributed by atoms with Crippen molar-refractivity contribution in [2.24, 2.45) is 0 Å². The average molecular weight is 327 g/mol. The fourth-order valence-electron chi connectivity index (χ4n) is 2.89. The van der Waals surface area contributed by atoms with Gasteiger partial charge in [0.25, 0.3) is 0 Å². The Hall–Kier alpha value is -2.36. The van der Waals surface area contributed by atoms with Gasteiger partial charge in [0.1, 0.15) is 19.2 Å². The summed E-state index contributed by atoms with van der Waals surface area (Å²) in [6, 6.07) is 9.98. The number of hydrogen-bond acceptors (Lipinski definition) is 5. The number of aryl methyl sites for hydroxylation is 1. The minimum atomic E-state index is 0.312. The van der Waals surface area contributed by atoms with Crippen LogP contribution in [-0.4, -0.2) is 44.4 Å². The largest absolute Gasteiger partial charge is 0.419 e. The average Bonchev–Trinajstić information content (AvgIpc) is 3.03. The van der Waals surface area contributed by atoms with Gasteiger partial charge in [0, 0.05) is 18.5 Å². The van der Waals surface area contributed by atoms with Crippen LogP contribution in [0.1, 0.15) is 17.7 Å². The molecule has 1 fully saturated rings. The highest BCUT2D eigenvalue weighted by atomic mass is 16.5. The first-order valence-electron chi connectivity index (χ1n) is 8.40. The van der Waals surface area contributed by atoms with Gasteiger partial charge in [-0.1, -0.05) is 18.2 Å². The summed E-state index contributed by atoms with van der Waals surface area (Å²) in [7, 11) is 0. The Morgan fingerprint density at radius 2 is 2.08 bits per heavy atom. The third-order valence-corrected chi connectivity index (χ3v) is 4.30. The zero-order valence-electron chi connectivity index (χ0n) is 14.0. The number of oxazole rings is 1. The summed E-state index contributed by atoms with van der Waals surface area (Å²) in [5.41, 5.74) is 2.30. The highest BCUT2D eigenvalue weighted by molar-refractivity contribution is 5.62. The van der Waals surface area contributed by atoms with Crippen LogP contribution in [0.5, 0.6) is 0 Å². The molecule has 3 rings (SSSR count). The topological polar surface area (TPSA) is 75.5 Å². The molecule has 2 heterocycles. The molecule has 6 nitrogen and oxygen atoms in total. The van der Waals surface area contributed by atoms with Gasteiger partial charge < -0.3 is 19.4 Å². The van der Waals surface area contributed by atoms with E-state index in [2.05, 4.69) is 16.4 Å². The molecule has 0 radical (unpaired) electrons. The van der Waals surface area contributed by atoms with Crippen molar-refractivity contribution in [3.8, 4) is 17.5 Å². The molecule has 0 bridgehead atoms. The Morgan fingerprint density at radius 3 is 2.83 bits per heavy atom. The molecule has 0 atom stereocenters. The summed E-state index contributed by atoms with van der Waals surface area (Å²) in [5.74, 6) is 0.957. The van der Waals surface area contributed by atoms with E-state index in [-0.39, 0.29) is 0 Å². The van der Waals surface area contributed by atoms with Gasteiger partial charge in [-0.15, -0.1) is 0 Å². The van der Waals surface area contributed by atoms with Crippen molar-refractivity contribution in [3.63, 3.8) is 0 Å². The second-order valence-electron chi connectivity index (χ2n) is 6.02. The van der Waals surface area contributed by atoms with Crippen LogP contribution in [0.4, 0.5) is 5.88 Å². The molecule has 1 aromatic heterocycles. The van der Waals surface area contributed by atoms with Crippen molar-refractivity contribution in [2.45, 2.75) is 13.3 Å². The predicted octanol–water partition coefficient (Wildman–Crippen LogP) is 1.24. The van der Waals surface area contributed by atoms with Gasteiger partial charge in [-0.25, -0.2) is 0 Å². The molecule has 24 heavy (non-hydrogen) atoms. The standard InChI is InChI=1S/C18H22N4O2/c1-14-5-2-3-6-15(14)17-21-16(13-19)18(24-17)20-7-4-8-22-9-11-23-12-10-22/h2-3,5-6,20H,4,7-12H2,1H3/p+1. The van der Waals surface area contributed by atoms with Gasteiger partial charge >= 0.3 is 0 Å². The van der Waals surface area contributed by atoms with E-state index in [9.17, 15) is 5.26 Å². The van der Waals surface area contributed by atoms with Crippen molar-refractivity contribution >= 4 is 5.88 Å². The van der Waals surface area contributed by atoms with Gasteiger partial charge in [-0.05, 0) is 18.6 Å². The quantitative estimate of drug-likeness (QED) is 0.781. The Labute approximate surface area is 142 Å². The third-order valence-electron chi connectivity index (χ3n) is 4.30. The second kappa shape index (κ2) is 7.95. The van der Waals surface area contributed by atoms with E-state index in [1.807, 2.05) is 31.2 Å². The fraction of sp³-hybridized carbons (Fsp3) is 0.444. The first kappa shape index (κ1) is 16.5. The van der Waals surface area contributed by atoms with Crippen LogP contribution in [0, 0.1) is 18.3 Å². The summed E-state index contributed by atoms with van der Waals surface area (Å²) in [6.45, 7) is 7.71. The molecule has 0 amide bonds. The minimum absolute atomic E-state index is 0.312. The van der Waals surface area contributed by atoms with E-state index >= 15 is 0 Å². The number of benzene rings is 1. The van der Waals surface area contributed by atoms with Crippen molar-refractivity contribution < 1.29 is 14.1 Å². The molecule has 0 spiro atoms. The number of ether oxygens (including phenoxy) is 1. The van der Waals surface area contributed by atoms with Crippen molar-refractivity contribution in [1.29, 1.82) is 5.26 Å². The number of nitrogens with zero attached hydrogens (tertiary/aromatic N) is 2. The molecule has 0 aliphatic carbocycles. The maximum absolute atomic E-state index is 9.28.